The average molecular weight is 382 g/mol. The zero-order valence-electron chi connectivity index (χ0n) is 17.4. The molecule has 0 radical (unpaired) electrons. The van der Waals surface area contributed by atoms with E-state index in [-0.39, 0.29) is 17.4 Å². The lowest BCUT2D eigenvalue weighted by atomic mass is 9.86. The number of nitrogens with zero attached hydrogens (tertiary/aromatic N) is 4. The van der Waals surface area contributed by atoms with Crippen molar-refractivity contribution < 1.29 is 4.79 Å². The molecule has 1 aromatic heterocycles. The lowest BCUT2D eigenvalue weighted by Crippen LogP contribution is -2.54. The molecule has 1 atom stereocenters. The Kier molecular flexibility index (Phi) is 5.98. The molecule has 6 heteroatoms. The van der Waals surface area contributed by atoms with E-state index in [0.717, 1.165) is 23.6 Å². The Morgan fingerprint density at radius 2 is 1.82 bits per heavy atom. The highest BCUT2D eigenvalue weighted by Gasteiger charge is 2.27. The molecule has 0 unspecified atom stereocenters. The van der Waals surface area contributed by atoms with Crippen molar-refractivity contribution in [1.82, 2.24) is 15.1 Å². The summed E-state index contributed by atoms with van der Waals surface area (Å²) in [7, 11) is 0. The van der Waals surface area contributed by atoms with E-state index in [4.69, 9.17) is 5.73 Å². The second-order valence-electron chi connectivity index (χ2n) is 8.59. The highest BCUT2D eigenvalue weighted by Crippen LogP contribution is 2.23. The number of benzene rings is 1. The highest BCUT2D eigenvalue weighted by molar-refractivity contribution is 5.79. The summed E-state index contributed by atoms with van der Waals surface area (Å²) in [5, 5.41) is 8.43. The lowest BCUT2D eigenvalue weighted by Gasteiger charge is -2.40. The number of aromatic nitrogens is 2. The number of amides is 1. The van der Waals surface area contributed by atoms with Gasteiger partial charge in [-0.2, -0.15) is 5.10 Å². The number of hydrogen-bond acceptors (Lipinski definition) is 5. The molecule has 6 nitrogen and oxygen atoms in total. The number of piperazine rings is 1. The van der Waals surface area contributed by atoms with Gasteiger partial charge in [0, 0.05) is 32.2 Å². The summed E-state index contributed by atoms with van der Waals surface area (Å²) in [4.78, 5) is 16.9. The summed E-state index contributed by atoms with van der Waals surface area (Å²) in [6.07, 6.45) is 0.447. The van der Waals surface area contributed by atoms with E-state index < -0.39 is 0 Å². The number of hydrogen-bond donors (Lipinski definition) is 1. The molecule has 0 saturated carbocycles. The maximum absolute atomic E-state index is 12.8. The maximum atomic E-state index is 12.8. The molecule has 1 amide bonds. The Balaban J connectivity index is 1.59. The van der Waals surface area contributed by atoms with Gasteiger partial charge in [0.25, 0.3) is 0 Å². The number of carbonyl (C=O) groups is 1. The van der Waals surface area contributed by atoms with Gasteiger partial charge in [-0.1, -0.05) is 45.0 Å². The average Bonchev–Trinajstić information content (AvgIpc) is 2.68. The van der Waals surface area contributed by atoms with Crippen LogP contribution in [0.4, 0.5) is 5.82 Å². The monoisotopic (exact) mass is 381 g/mol. The zero-order chi connectivity index (χ0) is 20.3. The van der Waals surface area contributed by atoms with Crippen LogP contribution in [0.25, 0.3) is 0 Å². The summed E-state index contributed by atoms with van der Waals surface area (Å²) in [5.74, 6) is 1.02. The van der Waals surface area contributed by atoms with Gasteiger partial charge in [-0.15, -0.1) is 5.10 Å². The Hall–Kier alpha value is -2.47. The van der Waals surface area contributed by atoms with Crippen LogP contribution < -0.4 is 10.6 Å². The largest absolute Gasteiger partial charge is 0.349 e. The van der Waals surface area contributed by atoms with Crippen LogP contribution in [0.1, 0.15) is 44.5 Å². The van der Waals surface area contributed by atoms with Crippen LogP contribution >= 0.6 is 0 Å². The molecule has 1 fully saturated rings. The number of rotatable bonds is 4. The van der Waals surface area contributed by atoms with Crippen LogP contribution in [-0.4, -0.2) is 46.7 Å². The van der Waals surface area contributed by atoms with E-state index in [1.807, 2.05) is 17.0 Å². The first-order valence-corrected chi connectivity index (χ1v) is 9.94. The Bertz CT molecular complexity index is 795. The summed E-state index contributed by atoms with van der Waals surface area (Å²) < 4.78 is 0. The van der Waals surface area contributed by atoms with Crippen LogP contribution in [0.15, 0.2) is 36.4 Å². The minimum atomic E-state index is 0.125. The van der Waals surface area contributed by atoms with Gasteiger partial charge in [-0.05, 0) is 35.6 Å². The Morgan fingerprint density at radius 3 is 2.36 bits per heavy atom. The SMILES string of the molecule is C[C@@H]1CN(C(=O)Cc2ccc(C(C)(C)C)cc2)CCN1c1ccc(CN)nn1. The summed E-state index contributed by atoms with van der Waals surface area (Å²) >= 11 is 0. The van der Waals surface area contributed by atoms with Crippen molar-refractivity contribution in [3.63, 3.8) is 0 Å². The molecular formula is C22H31N5O. The van der Waals surface area contributed by atoms with E-state index in [2.05, 4.69) is 67.1 Å². The molecule has 1 aliphatic rings. The molecule has 1 aliphatic heterocycles. The summed E-state index contributed by atoms with van der Waals surface area (Å²) in [6.45, 7) is 11.2. The van der Waals surface area contributed by atoms with Gasteiger partial charge in [-0.3, -0.25) is 4.79 Å². The second-order valence-corrected chi connectivity index (χ2v) is 8.59. The molecule has 2 N–H and O–H groups in total. The minimum Gasteiger partial charge on any atom is -0.349 e. The third-order valence-corrected chi connectivity index (χ3v) is 5.36. The summed E-state index contributed by atoms with van der Waals surface area (Å²) in [5.41, 5.74) is 8.85. The molecular weight excluding hydrogens is 350 g/mol. The van der Waals surface area contributed by atoms with E-state index in [9.17, 15) is 4.79 Å². The Labute approximate surface area is 167 Å². The molecule has 2 aromatic rings. The van der Waals surface area contributed by atoms with Crippen LogP contribution in [0.3, 0.4) is 0 Å². The third-order valence-electron chi connectivity index (χ3n) is 5.36. The zero-order valence-corrected chi connectivity index (χ0v) is 17.4. The van der Waals surface area contributed by atoms with Crippen molar-refractivity contribution in [3.8, 4) is 0 Å². The molecule has 0 aliphatic carbocycles. The molecule has 28 heavy (non-hydrogen) atoms. The maximum Gasteiger partial charge on any atom is 0.227 e. The fraction of sp³-hybridized carbons (Fsp3) is 0.500. The van der Waals surface area contributed by atoms with E-state index in [1.54, 1.807) is 0 Å². The number of nitrogens with two attached hydrogens (primary N) is 1. The van der Waals surface area contributed by atoms with Gasteiger partial charge >= 0.3 is 0 Å². The van der Waals surface area contributed by atoms with Crippen molar-refractivity contribution in [2.45, 2.75) is 52.1 Å². The Morgan fingerprint density at radius 1 is 1.11 bits per heavy atom. The van der Waals surface area contributed by atoms with Gasteiger partial charge in [-0.25, -0.2) is 0 Å². The second kappa shape index (κ2) is 8.27. The van der Waals surface area contributed by atoms with Gasteiger partial charge in [0.1, 0.15) is 0 Å². The highest BCUT2D eigenvalue weighted by atomic mass is 16.2. The fourth-order valence-electron chi connectivity index (χ4n) is 3.55. The first-order chi connectivity index (χ1) is 13.3. The quantitative estimate of drug-likeness (QED) is 0.881. The van der Waals surface area contributed by atoms with Crippen molar-refractivity contribution in [2.24, 2.45) is 5.73 Å². The van der Waals surface area contributed by atoms with Crippen molar-refractivity contribution >= 4 is 11.7 Å². The van der Waals surface area contributed by atoms with Crippen LogP contribution in [0.2, 0.25) is 0 Å². The van der Waals surface area contributed by atoms with Crippen LogP contribution in [0.5, 0.6) is 0 Å². The van der Waals surface area contributed by atoms with Gasteiger partial charge < -0.3 is 15.5 Å². The number of carbonyl (C=O) groups excluding carboxylic acids is 1. The fourth-order valence-corrected chi connectivity index (χ4v) is 3.55. The molecule has 150 valence electrons. The topological polar surface area (TPSA) is 75.4 Å². The molecule has 2 heterocycles. The van der Waals surface area contributed by atoms with E-state index in [1.165, 1.54) is 5.56 Å². The van der Waals surface area contributed by atoms with Crippen LogP contribution in [0, 0.1) is 0 Å². The molecule has 3 rings (SSSR count). The molecule has 0 spiro atoms. The first kappa shape index (κ1) is 20.3. The standard InChI is InChI=1S/C22H31N5O/c1-16-15-26(11-12-27(16)20-10-9-19(14-23)24-25-20)21(28)13-17-5-7-18(8-6-17)22(2,3)4/h5-10,16H,11-15,23H2,1-4H3/t16-/m1/s1. The lowest BCUT2D eigenvalue weighted by molar-refractivity contribution is -0.131. The van der Waals surface area contributed by atoms with E-state index in [0.29, 0.717) is 26.1 Å². The predicted octanol–water partition coefficient (Wildman–Crippen LogP) is 2.51. The first-order valence-electron chi connectivity index (χ1n) is 9.94. The predicted molar refractivity (Wildman–Crippen MR) is 112 cm³/mol. The van der Waals surface area contributed by atoms with Crippen molar-refractivity contribution in [2.75, 3.05) is 24.5 Å². The van der Waals surface area contributed by atoms with Gasteiger partial charge in [0.05, 0.1) is 12.1 Å². The molecule has 1 saturated heterocycles. The number of anilines is 1. The van der Waals surface area contributed by atoms with Gasteiger partial charge in [0.2, 0.25) is 5.91 Å². The van der Waals surface area contributed by atoms with Crippen LogP contribution in [-0.2, 0) is 23.2 Å². The summed E-state index contributed by atoms with van der Waals surface area (Å²) in [6, 6.07) is 12.5. The minimum absolute atomic E-state index is 0.125. The molecule has 1 aromatic carbocycles. The molecule has 0 bridgehead atoms. The van der Waals surface area contributed by atoms with Crippen molar-refractivity contribution in [3.05, 3.63) is 53.2 Å². The normalized spacial score (nSPS) is 17.7. The van der Waals surface area contributed by atoms with E-state index >= 15 is 0 Å². The third kappa shape index (κ3) is 4.68. The van der Waals surface area contributed by atoms with Gasteiger partial charge in [0.15, 0.2) is 5.82 Å². The smallest absolute Gasteiger partial charge is 0.227 e. The van der Waals surface area contributed by atoms with Crippen molar-refractivity contribution in [1.29, 1.82) is 0 Å².